The number of aromatic nitrogens is 1. The van der Waals surface area contributed by atoms with Crippen molar-refractivity contribution in [2.24, 2.45) is 0 Å². The first-order chi connectivity index (χ1) is 8.69. The molecule has 1 heterocycles. The number of ether oxygens (including phenoxy) is 1. The van der Waals surface area contributed by atoms with Crippen molar-refractivity contribution in [1.82, 2.24) is 9.88 Å². The number of amides is 1. The molecule has 4 nitrogen and oxygen atoms in total. The van der Waals surface area contributed by atoms with Gasteiger partial charge < -0.3 is 4.74 Å². The van der Waals surface area contributed by atoms with Crippen LogP contribution < -0.4 is 0 Å². The normalized spacial score (nSPS) is 11.5. The summed E-state index contributed by atoms with van der Waals surface area (Å²) in [6.07, 6.45) is -0.315. The number of hydrogen-bond acceptors (Lipinski definition) is 3. The fourth-order valence-corrected chi connectivity index (χ4v) is 1.87. The summed E-state index contributed by atoms with van der Waals surface area (Å²) in [5, 5.41) is 0. The van der Waals surface area contributed by atoms with E-state index in [1.807, 2.05) is 52.8 Å². The molecule has 0 unspecified atom stereocenters. The van der Waals surface area contributed by atoms with Crippen LogP contribution in [0.25, 0.3) is 0 Å². The second-order valence-electron chi connectivity index (χ2n) is 5.65. The Morgan fingerprint density at radius 2 is 2.05 bits per heavy atom. The SMILES string of the molecule is CC(C)N(Cc1cccc(Br)n1)C(=O)OC(C)(C)C. The van der Waals surface area contributed by atoms with Gasteiger partial charge in [0.15, 0.2) is 0 Å². The summed E-state index contributed by atoms with van der Waals surface area (Å²) in [5.41, 5.74) is 0.337. The Morgan fingerprint density at radius 1 is 1.42 bits per heavy atom. The van der Waals surface area contributed by atoms with Crippen molar-refractivity contribution in [2.75, 3.05) is 0 Å². The summed E-state index contributed by atoms with van der Waals surface area (Å²) in [5.74, 6) is 0. The van der Waals surface area contributed by atoms with Gasteiger partial charge in [-0.1, -0.05) is 6.07 Å². The maximum atomic E-state index is 12.2. The van der Waals surface area contributed by atoms with E-state index in [-0.39, 0.29) is 12.1 Å². The highest BCUT2D eigenvalue weighted by atomic mass is 79.9. The average Bonchev–Trinajstić information content (AvgIpc) is 2.23. The predicted octanol–water partition coefficient (Wildman–Crippen LogP) is 3.99. The highest BCUT2D eigenvalue weighted by Crippen LogP contribution is 2.15. The van der Waals surface area contributed by atoms with Crippen LogP contribution >= 0.6 is 15.9 Å². The first-order valence-corrected chi connectivity index (χ1v) is 7.09. The number of hydrogen-bond donors (Lipinski definition) is 0. The molecular formula is C14H21BrN2O2. The second-order valence-corrected chi connectivity index (χ2v) is 6.47. The number of carbonyl (C=O) groups is 1. The van der Waals surface area contributed by atoms with Gasteiger partial charge in [-0.05, 0) is 62.7 Å². The summed E-state index contributed by atoms with van der Waals surface area (Å²) < 4.78 is 6.17. The third-order valence-corrected chi connectivity index (χ3v) is 2.80. The van der Waals surface area contributed by atoms with Crippen molar-refractivity contribution in [3.63, 3.8) is 0 Å². The van der Waals surface area contributed by atoms with Crippen molar-refractivity contribution < 1.29 is 9.53 Å². The van der Waals surface area contributed by atoms with Gasteiger partial charge in [-0.15, -0.1) is 0 Å². The van der Waals surface area contributed by atoms with Crippen molar-refractivity contribution >= 4 is 22.0 Å². The standard InChI is InChI=1S/C14H21BrN2O2/c1-10(2)17(13(18)19-14(3,4)5)9-11-7-6-8-12(15)16-11/h6-8,10H,9H2,1-5H3. The topological polar surface area (TPSA) is 42.4 Å². The van der Waals surface area contributed by atoms with Crippen LogP contribution in [0.4, 0.5) is 4.79 Å². The highest BCUT2D eigenvalue weighted by Gasteiger charge is 2.24. The Bertz CT molecular complexity index is 441. The van der Waals surface area contributed by atoms with Gasteiger partial charge in [-0.3, -0.25) is 4.90 Å². The Morgan fingerprint density at radius 3 is 2.53 bits per heavy atom. The lowest BCUT2D eigenvalue weighted by atomic mass is 10.2. The van der Waals surface area contributed by atoms with E-state index in [0.717, 1.165) is 10.3 Å². The number of halogens is 1. The quantitative estimate of drug-likeness (QED) is 0.788. The molecule has 1 amide bonds. The zero-order chi connectivity index (χ0) is 14.6. The van der Waals surface area contributed by atoms with Gasteiger partial charge in [0.2, 0.25) is 0 Å². The van der Waals surface area contributed by atoms with E-state index < -0.39 is 5.60 Å². The van der Waals surface area contributed by atoms with E-state index in [2.05, 4.69) is 20.9 Å². The van der Waals surface area contributed by atoms with E-state index in [9.17, 15) is 4.79 Å². The zero-order valence-electron chi connectivity index (χ0n) is 12.1. The number of carbonyl (C=O) groups excluding carboxylic acids is 1. The average molecular weight is 329 g/mol. The molecule has 0 fully saturated rings. The zero-order valence-corrected chi connectivity index (χ0v) is 13.7. The molecule has 1 aromatic heterocycles. The first-order valence-electron chi connectivity index (χ1n) is 6.30. The highest BCUT2D eigenvalue weighted by molar-refractivity contribution is 9.10. The molecule has 0 aliphatic carbocycles. The molecule has 106 valence electrons. The maximum absolute atomic E-state index is 12.2. The van der Waals surface area contributed by atoms with Crippen LogP contribution in [0.5, 0.6) is 0 Å². The number of nitrogens with zero attached hydrogens (tertiary/aromatic N) is 2. The lowest BCUT2D eigenvalue weighted by Gasteiger charge is -2.29. The molecule has 1 rings (SSSR count). The Labute approximate surface area is 123 Å². The Hall–Kier alpha value is -1.10. The molecular weight excluding hydrogens is 308 g/mol. The van der Waals surface area contributed by atoms with E-state index in [1.165, 1.54) is 0 Å². The molecule has 0 N–H and O–H groups in total. The number of pyridine rings is 1. The maximum Gasteiger partial charge on any atom is 0.410 e. The summed E-state index contributed by atoms with van der Waals surface area (Å²) in [6, 6.07) is 5.71. The molecule has 0 radical (unpaired) electrons. The van der Waals surface area contributed by atoms with Gasteiger partial charge in [-0.2, -0.15) is 0 Å². The molecule has 19 heavy (non-hydrogen) atoms. The van der Waals surface area contributed by atoms with Gasteiger partial charge in [0.25, 0.3) is 0 Å². The molecule has 0 aliphatic rings. The van der Waals surface area contributed by atoms with Crippen LogP contribution in [-0.2, 0) is 11.3 Å². The first kappa shape index (κ1) is 16.0. The molecule has 1 aromatic rings. The van der Waals surface area contributed by atoms with E-state index in [1.54, 1.807) is 4.90 Å². The number of rotatable bonds is 3. The van der Waals surface area contributed by atoms with Crippen LogP contribution in [-0.4, -0.2) is 27.6 Å². The minimum absolute atomic E-state index is 0.0515. The van der Waals surface area contributed by atoms with Crippen LogP contribution in [0.2, 0.25) is 0 Å². The van der Waals surface area contributed by atoms with Crippen molar-refractivity contribution in [1.29, 1.82) is 0 Å². The molecule has 0 spiro atoms. The lowest BCUT2D eigenvalue weighted by Crippen LogP contribution is -2.40. The van der Waals surface area contributed by atoms with Crippen LogP contribution in [0.3, 0.4) is 0 Å². The van der Waals surface area contributed by atoms with Crippen LogP contribution in [0.15, 0.2) is 22.8 Å². The minimum atomic E-state index is -0.491. The van der Waals surface area contributed by atoms with Gasteiger partial charge in [0.05, 0.1) is 12.2 Å². The summed E-state index contributed by atoms with van der Waals surface area (Å²) in [6.45, 7) is 9.94. The minimum Gasteiger partial charge on any atom is -0.444 e. The lowest BCUT2D eigenvalue weighted by molar-refractivity contribution is 0.0169. The third-order valence-electron chi connectivity index (χ3n) is 2.36. The van der Waals surface area contributed by atoms with Crippen molar-refractivity contribution in [3.8, 4) is 0 Å². The summed E-state index contributed by atoms with van der Waals surface area (Å²) in [4.78, 5) is 18.2. The van der Waals surface area contributed by atoms with E-state index in [0.29, 0.717) is 6.54 Å². The second kappa shape index (κ2) is 6.37. The Kier molecular flexibility index (Phi) is 5.35. The molecule has 0 saturated carbocycles. The molecule has 0 aliphatic heterocycles. The summed E-state index contributed by atoms with van der Waals surface area (Å²) in [7, 11) is 0. The summed E-state index contributed by atoms with van der Waals surface area (Å²) >= 11 is 3.33. The smallest absolute Gasteiger partial charge is 0.410 e. The Balaban J connectivity index is 2.81. The predicted molar refractivity (Wildman–Crippen MR) is 78.9 cm³/mol. The van der Waals surface area contributed by atoms with Crippen molar-refractivity contribution in [3.05, 3.63) is 28.5 Å². The fourth-order valence-electron chi connectivity index (χ4n) is 1.49. The molecule has 0 saturated heterocycles. The fraction of sp³-hybridized carbons (Fsp3) is 0.571. The largest absolute Gasteiger partial charge is 0.444 e. The molecule has 0 bridgehead atoms. The van der Waals surface area contributed by atoms with Gasteiger partial charge in [0, 0.05) is 6.04 Å². The van der Waals surface area contributed by atoms with Gasteiger partial charge >= 0.3 is 6.09 Å². The van der Waals surface area contributed by atoms with Crippen LogP contribution in [0, 0.1) is 0 Å². The van der Waals surface area contributed by atoms with Crippen molar-refractivity contribution in [2.45, 2.75) is 52.8 Å². The van der Waals surface area contributed by atoms with E-state index >= 15 is 0 Å². The van der Waals surface area contributed by atoms with Gasteiger partial charge in [-0.25, -0.2) is 9.78 Å². The third kappa shape index (κ3) is 5.59. The monoisotopic (exact) mass is 328 g/mol. The van der Waals surface area contributed by atoms with Gasteiger partial charge in [0.1, 0.15) is 10.2 Å². The molecule has 0 atom stereocenters. The van der Waals surface area contributed by atoms with Crippen LogP contribution in [0.1, 0.15) is 40.3 Å². The molecule has 0 aromatic carbocycles. The van der Waals surface area contributed by atoms with E-state index in [4.69, 9.17) is 4.74 Å². The molecule has 5 heteroatoms.